The quantitative estimate of drug-likeness (QED) is 0.156. The van der Waals surface area contributed by atoms with Gasteiger partial charge in [0.25, 0.3) is 0 Å². The molecule has 1 heteroatoms. The van der Waals surface area contributed by atoms with Crippen LogP contribution in [0.4, 0.5) is 17.1 Å². The van der Waals surface area contributed by atoms with Gasteiger partial charge in [-0.3, -0.25) is 0 Å². The van der Waals surface area contributed by atoms with Gasteiger partial charge in [0, 0.05) is 16.6 Å². The van der Waals surface area contributed by atoms with Gasteiger partial charge in [0.15, 0.2) is 0 Å². The first-order valence-corrected chi connectivity index (χ1v) is 24.8. The summed E-state index contributed by atoms with van der Waals surface area (Å²) in [5, 5.41) is 4.91. The Morgan fingerprint density at radius 1 is 0.225 bits per heavy atom. The van der Waals surface area contributed by atoms with Crippen molar-refractivity contribution in [3.8, 4) is 44.5 Å². The van der Waals surface area contributed by atoms with Crippen molar-refractivity contribution in [3.63, 3.8) is 0 Å². The number of fused-ring (bicyclic) bond motifs is 19. The Bertz CT molecular complexity index is 4030. The Balaban J connectivity index is 0.965. The minimum absolute atomic E-state index is 0.474. The van der Waals surface area contributed by atoms with Gasteiger partial charge in [-0.15, -0.1) is 0 Å². The van der Waals surface area contributed by atoms with Gasteiger partial charge < -0.3 is 4.90 Å². The molecule has 0 heterocycles. The van der Waals surface area contributed by atoms with Crippen LogP contribution in [-0.2, 0) is 10.8 Å². The molecule has 0 saturated heterocycles. The van der Waals surface area contributed by atoms with Crippen molar-refractivity contribution in [2.45, 2.75) is 10.8 Å². The van der Waals surface area contributed by atoms with Crippen LogP contribution in [0.2, 0.25) is 0 Å². The monoisotopic (exact) mass is 899 g/mol. The average Bonchev–Trinajstić information content (AvgIpc) is 3.93. The summed E-state index contributed by atoms with van der Waals surface area (Å²) in [6, 6.07) is 102. The van der Waals surface area contributed by atoms with Gasteiger partial charge in [-0.25, -0.2) is 0 Å². The lowest BCUT2D eigenvalue weighted by Gasteiger charge is -2.48. The summed E-state index contributed by atoms with van der Waals surface area (Å²) < 4.78 is 0. The molecule has 3 aliphatic rings. The highest BCUT2D eigenvalue weighted by Crippen LogP contribution is 2.67. The van der Waals surface area contributed by atoms with Crippen LogP contribution < -0.4 is 4.90 Å². The topological polar surface area (TPSA) is 3.24 Å². The number of hydrogen-bond donors (Lipinski definition) is 0. The maximum Gasteiger partial charge on any atom is 0.0720 e. The minimum atomic E-state index is -0.550. The van der Waals surface area contributed by atoms with E-state index >= 15 is 0 Å². The van der Waals surface area contributed by atoms with E-state index in [1.54, 1.807) is 0 Å². The standard InChI is InChI=1S/C70H45N/c1-2-20-46(21-3-1)47-38-41-50(42-39-47)71(68-45-48-22-4-5-23-51(48)53-25-6-7-29-57(53)68)67-37-19-11-24-52(67)49-40-43-62-58(44-49)56-28-10-14-32-61(56)70(62)65-35-17-15-33-63(65)69(64-34-16-18-36-66(64)70)59-30-12-8-26-54(59)55-27-9-13-31-60(55)69/h1-45H. The van der Waals surface area contributed by atoms with Gasteiger partial charge in [-0.1, -0.05) is 243 Å². The number of rotatable bonds is 5. The molecule has 0 atom stereocenters. The summed E-state index contributed by atoms with van der Waals surface area (Å²) in [7, 11) is 0. The summed E-state index contributed by atoms with van der Waals surface area (Å²) in [6.07, 6.45) is 0. The molecule has 0 fully saturated rings. The molecule has 0 N–H and O–H groups in total. The summed E-state index contributed by atoms with van der Waals surface area (Å²) in [4.78, 5) is 2.49. The first kappa shape index (κ1) is 39.9. The van der Waals surface area contributed by atoms with E-state index in [4.69, 9.17) is 0 Å². The second-order valence-electron chi connectivity index (χ2n) is 19.4. The van der Waals surface area contributed by atoms with E-state index in [2.05, 4.69) is 278 Å². The van der Waals surface area contributed by atoms with E-state index < -0.39 is 10.8 Å². The molecular weight excluding hydrogens is 855 g/mol. The fourth-order valence-corrected chi connectivity index (χ4v) is 13.4. The van der Waals surface area contributed by atoms with E-state index in [9.17, 15) is 0 Å². The van der Waals surface area contributed by atoms with Crippen LogP contribution in [0.5, 0.6) is 0 Å². The predicted molar refractivity (Wildman–Crippen MR) is 295 cm³/mol. The molecule has 12 aromatic carbocycles. The van der Waals surface area contributed by atoms with E-state index in [0.29, 0.717) is 0 Å². The highest BCUT2D eigenvalue weighted by atomic mass is 15.1. The maximum atomic E-state index is 2.49. The molecule has 0 unspecified atom stereocenters. The Hall–Kier alpha value is -9.04. The molecule has 330 valence electrons. The summed E-state index contributed by atoms with van der Waals surface area (Å²) in [5.41, 5.74) is 23.0. The second kappa shape index (κ2) is 15.2. The Kier molecular flexibility index (Phi) is 8.56. The molecule has 2 spiro atoms. The van der Waals surface area contributed by atoms with Gasteiger partial charge in [-0.05, 0) is 130 Å². The van der Waals surface area contributed by atoms with Crippen molar-refractivity contribution in [2.75, 3.05) is 4.90 Å². The zero-order valence-electron chi connectivity index (χ0n) is 38.9. The highest BCUT2D eigenvalue weighted by Gasteiger charge is 2.58. The first-order chi connectivity index (χ1) is 35.2. The van der Waals surface area contributed by atoms with Crippen LogP contribution in [0.3, 0.4) is 0 Å². The van der Waals surface area contributed by atoms with Crippen LogP contribution in [0.25, 0.3) is 66.1 Å². The second-order valence-corrected chi connectivity index (χ2v) is 19.4. The fourth-order valence-electron chi connectivity index (χ4n) is 13.4. The average molecular weight is 900 g/mol. The third-order valence-electron chi connectivity index (χ3n) is 16.1. The molecule has 12 aromatic rings. The molecule has 0 saturated carbocycles. The predicted octanol–water partition coefficient (Wildman–Crippen LogP) is 17.8. The molecule has 1 nitrogen and oxygen atoms in total. The molecule has 3 aliphatic carbocycles. The van der Waals surface area contributed by atoms with Crippen molar-refractivity contribution < 1.29 is 0 Å². The number of anilines is 3. The SMILES string of the molecule is c1ccc(-c2ccc(N(c3ccccc3-c3ccc4c(c3)-c3ccccc3C43c4ccccc4C4(c5ccccc5-c5ccccc54)c4ccccc43)c3cc4ccccc4c4ccccc34)cc2)cc1. The third-order valence-corrected chi connectivity index (χ3v) is 16.1. The molecule has 0 amide bonds. The third kappa shape index (κ3) is 5.41. The molecule has 0 aliphatic heterocycles. The molecule has 0 radical (unpaired) electrons. The highest BCUT2D eigenvalue weighted by molar-refractivity contribution is 6.15. The number of para-hydroxylation sites is 1. The van der Waals surface area contributed by atoms with Crippen LogP contribution in [0, 0.1) is 0 Å². The van der Waals surface area contributed by atoms with Crippen LogP contribution in [0.15, 0.2) is 273 Å². The smallest absolute Gasteiger partial charge is 0.0720 e. The van der Waals surface area contributed by atoms with Gasteiger partial charge in [0.05, 0.1) is 22.2 Å². The van der Waals surface area contributed by atoms with E-state index in [1.165, 1.54) is 111 Å². The van der Waals surface area contributed by atoms with Gasteiger partial charge in [-0.2, -0.15) is 0 Å². The summed E-state index contributed by atoms with van der Waals surface area (Å²) >= 11 is 0. The first-order valence-electron chi connectivity index (χ1n) is 24.8. The van der Waals surface area contributed by atoms with Gasteiger partial charge >= 0.3 is 0 Å². The largest absolute Gasteiger partial charge is 0.309 e. The zero-order valence-corrected chi connectivity index (χ0v) is 38.9. The lowest BCUT2D eigenvalue weighted by Crippen LogP contribution is -2.43. The Morgan fingerprint density at radius 3 is 1.23 bits per heavy atom. The summed E-state index contributed by atoms with van der Waals surface area (Å²) in [5.74, 6) is 0. The van der Waals surface area contributed by atoms with Crippen molar-refractivity contribution in [3.05, 3.63) is 317 Å². The zero-order chi connectivity index (χ0) is 46.7. The van der Waals surface area contributed by atoms with Crippen molar-refractivity contribution in [2.24, 2.45) is 0 Å². The minimum Gasteiger partial charge on any atom is -0.309 e. The van der Waals surface area contributed by atoms with Crippen LogP contribution >= 0.6 is 0 Å². The van der Waals surface area contributed by atoms with Crippen molar-refractivity contribution in [1.82, 2.24) is 0 Å². The van der Waals surface area contributed by atoms with E-state index in [0.717, 1.165) is 17.1 Å². The van der Waals surface area contributed by atoms with Crippen LogP contribution in [0.1, 0.15) is 44.5 Å². The van der Waals surface area contributed by atoms with E-state index in [1.807, 2.05) is 0 Å². The van der Waals surface area contributed by atoms with Gasteiger partial charge in [0.1, 0.15) is 0 Å². The Morgan fingerprint density at radius 2 is 0.634 bits per heavy atom. The lowest BCUT2D eigenvalue weighted by atomic mass is 9.52. The number of nitrogens with zero attached hydrogens (tertiary/aromatic N) is 1. The molecule has 71 heavy (non-hydrogen) atoms. The van der Waals surface area contributed by atoms with Crippen molar-refractivity contribution in [1.29, 1.82) is 0 Å². The van der Waals surface area contributed by atoms with E-state index in [-0.39, 0.29) is 0 Å². The number of benzene rings is 12. The molecule has 15 rings (SSSR count). The number of hydrogen-bond acceptors (Lipinski definition) is 1. The molecule has 0 aromatic heterocycles. The molecule has 0 bridgehead atoms. The Labute approximate surface area is 414 Å². The van der Waals surface area contributed by atoms with Crippen molar-refractivity contribution >= 4 is 38.6 Å². The molecular formula is C70H45N. The van der Waals surface area contributed by atoms with Crippen LogP contribution in [-0.4, -0.2) is 0 Å². The fraction of sp³-hybridized carbons (Fsp3) is 0.0286. The lowest BCUT2D eigenvalue weighted by molar-refractivity contribution is 0.633. The maximum absolute atomic E-state index is 2.49. The summed E-state index contributed by atoms with van der Waals surface area (Å²) in [6.45, 7) is 0. The normalized spacial score (nSPS) is 13.9. The van der Waals surface area contributed by atoms with Gasteiger partial charge in [0.2, 0.25) is 0 Å².